The van der Waals surface area contributed by atoms with Crippen LogP contribution in [0.15, 0.2) is 23.1 Å². The van der Waals surface area contributed by atoms with Crippen molar-refractivity contribution in [2.24, 2.45) is 0 Å². The van der Waals surface area contributed by atoms with Crippen LogP contribution in [0.1, 0.15) is 19.8 Å². The molecule has 1 heterocycles. The fourth-order valence-electron chi connectivity index (χ4n) is 2.72. The fraction of sp³-hybridized carbons (Fsp3) is 0.600. The minimum Gasteiger partial charge on any atom is -0.368 e. The number of aliphatic hydroxyl groups is 1. The second-order valence-electron chi connectivity index (χ2n) is 5.98. The summed E-state index contributed by atoms with van der Waals surface area (Å²) in [5, 5.41) is 10.2. The van der Waals surface area contributed by atoms with Gasteiger partial charge in [-0.3, -0.25) is 0 Å². The highest BCUT2D eigenvalue weighted by Gasteiger charge is 2.28. The Hall–Kier alpha value is -0.410. The largest absolute Gasteiger partial charge is 0.368 e. The van der Waals surface area contributed by atoms with Crippen LogP contribution in [0.3, 0.4) is 0 Å². The number of halogens is 2. The maximum atomic E-state index is 12.3. The molecule has 1 aromatic rings. The normalized spacial score (nSPS) is 25.2. The summed E-state index contributed by atoms with van der Waals surface area (Å²) in [6, 6.07) is 4.34. The number of benzene rings is 1. The summed E-state index contributed by atoms with van der Waals surface area (Å²) in [5.41, 5.74) is 0. The molecule has 0 saturated carbocycles. The first-order valence-electron chi connectivity index (χ1n) is 7.67. The van der Waals surface area contributed by atoms with Crippen molar-refractivity contribution < 1.29 is 18.3 Å². The highest BCUT2D eigenvalue weighted by atomic mass is 35.5. The van der Waals surface area contributed by atoms with Gasteiger partial charge in [0.2, 0.25) is 10.0 Å². The molecule has 24 heavy (non-hydrogen) atoms. The number of nitrogens with one attached hydrogen (secondary N) is 1. The van der Waals surface area contributed by atoms with Gasteiger partial charge in [-0.15, -0.1) is 0 Å². The van der Waals surface area contributed by atoms with Crippen LogP contribution >= 0.6 is 23.2 Å². The Balaban J connectivity index is 1.89. The summed E-state index contributed by atoms with van der Waals surface area (Å²) in [6.07, 6.45) is 0.524. The van der Waals surface area contributed by atoms with E-state index < -0.39 is 16.3 Å². The first-order chi connectivity index (χ1) is 11.2. The van der Waals surface area contributed by atoms with Gasteiger partial charge in [0.05, 0.1) is 21.0 Å². The zero-order chi connectivity index (χ0) is 17.9. The predicted octanol–water partition coefficient (Wildman–Crippen LogP) is 2.09. The van der Waals surface area contributed by atoms with Gasteiger partial charge in [0.1, 0.15) is 0 Å². The molecule has 0 amide bonds. The molecule has 1 aliphatic rings. The molecule has 1 aliphatic heterocycles. The quantitative estimate of drug-likeness (QED) is 0.769. The Morgan fingerprint density at radius 1 is 1.33 bits per heavy atom. The standard InChI is InChI=1S/C15H22Cl2N2O4S/c1-10-7-11(8-15(20)23-10)19(2)6-5-18-24(21,22)12-3-4-13(16)14(17)9-12/h3-4,9-11,15,18,20H,5-8H2,1-2H3/t10-,11+,15-/m1/s1. The Labute approximate surface area is 152 Å². The summed E-state index contributed by atoms with van der Waals surface area (Å²) in [6.45, 7) is 2.68. The van der Waals surface area contributed by atoms with Crippen molar-refractivity contribution in [3.8, 4) is 0 Å². The van der Waals surface area contributed by atoms with E-state index in [0.29, 0.717) is 18.0 Å². The minimum absolute atomic E-state index is 0.0194. The Bertz CT molecular complexity index is 661. The number of hydrogen-bond donors (Lipinski definition) is 2. The van der Waals surface area contributed by atoms with Crippen molar-refractivity contribution in [3.63, 3.8) is 0 Å². The van der Waals surface area contributed by atoms with Crippen molar-refractivity contribution >= 4 is 33.2 Å². The molecule has 6 nitrogen and oxygen atoms in total. The molecule has 0 bridgehead atoms. The highest BCUT2D eigenvalue weighted by molar-refractivity contribution is 7.89. The van der Waals surface area contributed by atoms with E-state index in [1.54, 1.807) is 0 Å². The van der Waals surface area contributed by atoms with E-state index in [-0.39, 0.29) is 28.6 Å². The lowest BCUT2D eigenvalue weighted by atomic mass is 10.0. The van der Waals surface area contributed by atoms with E-state index in [1.807, 2.05) is 18.9 Å². The molecule has 1 saturated heterocycles. The van der Waals surface area contributed by atoms with Gasteiger partial charge < -0.3 is 14.7 Å². The number of hydrogen-bond acceptors (Lipinski definition) is 5. The summed E-state index contributed by atoms with van der Waals surface area (Å²) < 4.78 is 32.4. The summed E-state index contributed by atoms with van der Waals surface area (Å²) in [7, 11) is -1.74. The van der Waals surface area contributed by atoms with Crippen molar-refractivity contribution in [1.29, 1.82) is 0 Å². The molecular weight excluding hydrogens is 375 g/mol. The zero-order valence-corrected chi connectivity index (χ0v) is 15.9. The zero-order valence-electron chi connectivity index (χ0n) is 13.6. The SMILES string of the molecule is C[C@@H]1C[C@H](N(C)CCNS(=O)(=O)c2ccc(Cl)c(Cl)c2)C[C@H](O)O1. The number of aliphatic hydroxyl groups excluding tert-OH is 1. The lowest BCUT2D eigenvalue weighted by molar-refractivity contribution is -0.173. The third-order valence-corrected chi connectivity index (χ3v) is 6.25. The summed E-state index contributed by atoms with van der Waals surface area (Å²) in [5.74, 6) is 0. The average Bonchev–Trinajstić information content (AvgIpc) is 2.48. The van der Waals surface area contributed by atoms with Crippen molar-refractivity contribution in [2.45, 2.75) is 43.1 Å². The van der Waals surface area contributed by atoms with Gasteiger partial charge in [0.25, 0.3) is 0 Å². The van der Waals surface area contributed by atoms with E-state index in [4.69, 9.17) is 27.9 Å². The molecule has 0 aliphatic carbocycles. The number of likely N-dealkylation sites (N-methyl/N-ethyl adjacent to an activating group) is 1. The van der Waals surface area contributed by atoms with Crippen molar-refractivity contribution in [2.75, 3.05) is 20.1 Å². The smallest absolute Gasteiger partial charge is 0.240 e. The molecule has 9 heteroatoms. The summed E-state index contributed by atoms with van der Waals surface area (Å²) in [4.78, 5) is 2.11. The van der Waals surface area contributed by atoms with Crippen molar-refractivity contribution in [1.82, 2.24) is 9.62 Å². The molecule has 1 fully saturated rings. The van der Waals surface area contributed by atoms with Gasteiger partial charge in [0, 0.05) is 25.6 Å². The molecule has 0 spiro atoms. The third-order valence-electron chi connectivity index (χ3n) is 4.05. The number of nitrogens with zero attached hydrogens (tertiary/aromatic N) is 1. The minimum atomic E-state index is -3.64. The molecule has 1 aromatic carbocycles. The predicted molar refractivity (Wildman–Crippen MR) is 93.9 cm³/mol. The second-order valence-corrected chi connectivity index (χ2v) is 8.56. The molecule has 3 atom stereocenters. The lowest BCUT2D eigenvalue weighted by Crippen LogP contribution is -2.45. The van der Waals surface area contributed by atoms with Gasteiger partial charge in [0.15, 0.2) is 6.29 Å². The van der Waals surface area contributed by atoms with Gasteiger partial charge in [-0.1, -0.05) is 23.2 Å². The summed E-state index contributed by atoms with van der Waals surface area (Å²) >= 11 is 11.7. The Kier molecular flexibility index (Phi) is 6.90. The van der Waals surface area contributed by atoms with Crippen molar-refractivity contribution in [3.05, 3.63) is 28.2 Å². The average molecular weight is 397 g/mol. The van der Waals surface area contributed by atoms with Crippen LogP contribution in [0.5, 0.6) is 0 Å². The molecule has 2 N–H and O–H groups in total. The van der Waals surface area contributed by atoms with Gasteiger partial charge in [-0.05, 0) is 38.6 Å². The molecular formula is C15H22Cl2N2O4S. The van der Waals surface area contributed by atoms with Crippen LogP contribution in [0.4, 0.5) is 0 Å². The van der Waals surface area contributed by atoms with Crippen LogP contribution in [0.2, 0.25) is 10.0 Å². The lowest BCUT2D eigenvalue weighted by Gasteiger charge is -2.36. The third kappa shape index (κ3) is 5.29. The number of ether oxygens (including phenoxy) is 1. The first kappa shape index (κ1) is 19.9. The van der Waals surface area contributed by atoms with E-state index >= 15 is 0 Å². The van der Waals surface area contributed by atoms with Crippen LogP contribution in [0, 0.1) is 0 Å². The Morgan fingerprint density at radius 2 is 2.04 bits per heavy atom. The maximum Gasteiger partial charge on any atom is 0.240 e. The molecule has 2 rings (SSSR count). The van der Waals surface area contributed by atoms with Crippen LogP contribution in [0.25, 0.3) is 0 Å². The first-order valence-corrected chi connectivity index (χ1v) is 9.91. The van der Waals surface area contributed by atoms with E-state index in [9.17, 15) is 13.5 Å². The second kappa shape index (κ2) is 8.31. The topological polar surface area (TPSA) is 78.9 Å². The molecule has 0 radical (unpaired) electrons. The van der Waals surface area contributed by atoms with E-state index in [2.05, 4.69) is 4.72 Å². The van der Waals surface area contributed by atoms with Gasteiger partial charge >= 0.3 is 0 Å². The van der Waals surface area contributed by atoms with Crippen LogP contribution in [-0.2, 0) is 14.8 Å². The Morgan fingerprint density at radius 3 is 2.67 bits per heavy atom. The highest BCUT2D eigenvalue weighted by Crippen LogP contribution is 2.25. The van der Waals surface area contributed by atoms with E-state index in [0.717, 1.165) is 6.42 Å². The monoisotopic (exact) mass is 396 g/mol. The van der Waals surface area contributed by atoms with Crippen LogP contribution in [-0.4, -0.2) is 57.0 Å². The maximum absolute atomic E-state index is 12.3. The molecule has 136 valence electrons. The molecule has 0 unspecified atom stereocenters. The van der Waals surface area contributed by atoms with Gasteiger partial charge in [-0.2, -0.15) is 0 Å². The fourth-order valence-corrected chi connectivity index (χ4v) is 4.13. The van der Waals surface area contributed by atoms with E-state index in [1.165, 1.54) is 18.2 Å². The number of sulfonamides is 1. The number of rotatable bonds is 6. The van der Waals surface area contributed by atoms with Crippen LogP contribution < -0.4 is 4.72 Å². The van der Waals surface area contributed by atoms with Gasteiger partial charge in [-0.25, -0.2) is 13.1 Å². The molecule has 0 aromatic heterocycles.